The minimum absolute atomic E-state index is 0.0154. The van der Waals surface area contributed by atoms with Gasteiger partial charge in [0, 0.05) is 30.1 Å². The van der Waals surface area contributed by atoms with Crippen molar-refractivity contribution in [2.75, 3.05) is 26.3 Å². The minimum atomic E-state index is 0.0154. The van der Waals surface area contributed by atoms with E-state index in [4.69, 9.17) is 9.47 Å². The molecular formula is C22H25BrN2O3. The Morgan fingerprint density at radius 1 is 1.18 bits per heavy atom. The van der Waals surface area contributed by atoms with Gasteiger partial charge in [0.2, 0.25) is 5.91 Å². The number of rotatable bonds is 5. The molecule has 2 aromatic rings. The molecule has 0 saturated heterocycles. The maximum absolute atomic E-state index is 12.5. The van der Waals surface area contributed by atoms with Gasteiger partial charge in [-0.25, -0.2) is 0 Å². The van der Waals surface area contributed by atoms with Crippen molar-refractivity contribution in [2.24, 2.45) is 0 Å². The number of ether oxygens (including phenoxy) is 2. The molecule has 0 saturated carbocycles. The van der Waals surface area contributed by atoms with Crippen LogP contribution in [0.25, 0.3) is 0 Å². The molecule has 0 bridgehead atoms. The number of carbonyl (C=O) groups is 1. The molecule has 2 aromatic carbocycles. The monoisotopic (exact) mass is 444 g/mol. The minimum Gasteiger partial charge on any atom is -0.486 e. The Morgan fingerprint density at radius 2 is 1.89 bits per heavy atom. The summed E-state index contributed by atoms with van der Waals surface area (Å²) in [5.41, 5.74) is 3.74. The summed E-state index contributed by atoms with van der Waals surface area (Å²) in [5.74, 6) is 1.44. The van der Waals surface area contributed by atoms with Crippen LogP contribution in [0.1, 0.15) is 23.6 Å². The molecule has 1 unspecified atom stereocenters. The van der Waals surface area contributed by atoms with E-state index in [0.717, 1.165) is 35.3 Å². The van der Waals surface area contributed by atoms with E-state index in [2.05, 4.69) is 57.3 Å². The Bertz CT molecular complexity index is 871. The van der Waals surface area contributed by atoms with E-state index in [9.17, 15) is 4.79 Å². The predicted molar refractivity (Wildman–Crippen MR) is 112 cm³/mol. The number of amides is 1. The average molecular weight is 445 g/mol. The Hall–Kier alpha value is -2.05. The number of fused-ring (bicyclic) bond motifs is 2. The second kappa shape index (κ2) is 8.53. The standard InChI is InChI=1S/C22H25BrN2O3/c1-15(25-7-6-16-4-2-3-5-17(16)14-25)13-24-22(26)11-18-10-20-21(12-19(18)23)28-9-8-27-20/h2-5,10,12,15H,6-9,11,13-14H2,1H3,(H,24,26). The van der Waals surface area contributed by atoms with Gasteiger partial charge >= 0.3 is 0 Å². The van der Waals surface area contributed by atoms with Gasteiger partial charge in [0.25, 0.3) is 0 Å². The highest BCUT2D eigenvalue weighted by atomic mass is 79.9. The van der Waals surface area contributed by atoms with Gasteiger partial charge in [0.1, 0.15) is 13.2 Å². The van der Waals surface area contributed by atoms with Crippen molar-refractivity contribution in [2.45, 2.75) is 32.4 Å². The van der Waals surface area contributed by atoms with Crippen molar-refractivity contribution in [1.29, 1.82) is 0 Å². The molecule has 6 heteroatoms. The van der Waals surface area contributed by atoms with Crippen molar-refractivity contribution >= 4 is 21.8 Å². The first-order valence-electron chi connectivity index (χ1n) is 9.75. The molecule has 148 valence electrons. The first-order valence-corrected chi connectivity index (χ1v) is 10.5. The van der Waals surface area contributed by atoms with E-state index in [1.807, 2.05) is 12.1 Å². The molecule has 1 atom stereocenters. The van der Waals surface area contributed by atoms with Gasteiger partial charge in [0.05, 0.1) is 6.42 Å². The van der Waals surface area contributed by atoms with E-state index in [-0.39, 0.29) is 5.91 Å². The van der Waals surface area contributed by atoms with Crippen LogP contribution in [0.5, 0.6) is 11.5 Å². The largest absolute Gasteiger partial charge is 0.486 e. The number of nitrogens with one attached hydrogen (secondary N) is 1. The molecule has 4 rings (SSSR count). The average Bonchev–Trinajstić information content (AvgIpc) is 2.72. The second-order valence-corrected chi connectivity index (χ2v) is 8.26. The lowest BCUT2D eigenvalue weighted by atomic mass is 9.99. The summed E-state index contributed by atoms with van der Waals surface area (Å²) < 4.78 is 12.1. The molecule has 0 aliphatic carbocycles. The van der Waals surface area contributed by atoms with Gasteiger partial charge in [-0.05, 0) is 42.2 Å². The van der Waals surface area contributed by atoms with E-state index < -0.39 is 0 Å². The van der Waals surface area contributed by atoms with Crippen LogP contribution >= 0.6 is 15.9 Å². The highest BCUT2D eigenvalue weighted by Crippen LogP contribution is 2.35. The van der Waals surface area contributed by atoms with Gasteiger partial charge in [-0.1, -0.05) is 40.2 Å². The lowest BCUT2D eigenvalue weighted by Crippen LogP contribution is -2.44. The summed E-state index contributed by atoms with van der Waals surface area (Å²) in [6, 6.07) is 12.7. The molecule has 0 radical (unpaired) electrons. The molecule has 0 fully saturated rings. The van der Waals surface area contributed by atoms with Crippen LogP contribution in [-0.4, -0.2) is 43.2 Å². The Kier molecular flexibility index (Phi) is 5.87. The normalized spacial score (nSPS) is 16.9. The third-order valence-corrected chi connectivity index (χ3v) is 6.18. The van der Waals surface area contributed by atoms with Crippen LogP contribution < -0.4 is 14.8 Å². The van der Waals surface area contributed by atoms with Gasteiger partial charge in [0.15, 0.2) is 11.5 Å². The first kappa shape index (κ1) is 19.3. The summed E-state index contributed by atoms with van der Waals surface area (Å²) in [6.45, 7) is 5.88. The third kappa shape index (κ3) is 4.33. The molecule has 0 spiro atoms. The summed E-state index contributed by atoms with van der Waals surface area (Å²) >= 11 is 3.54. The smallest absolute Gasteiger partial charge is 0.224 e. The fraction of sp³-hybridized carbons (Fsp3) is 0.409. The maximum atomic E-state index is 12.5. The van der Waals surface area contributed by atoms with Crippen LogP contribution in [0, 0.1) is 0 Å². The summed E-state index contributed by atoms with van der Waals surface area (Å²) in [4.78, 5) is 14.9. The number of benzene rings is 2. The summed E-state index contributed by atoms with van der Waals surface area (Å²) in [5, 5.41) is 3.09. The van der Waals surface area contributed by atoms with Gasteiger partial charge in [-0.3, -0.25) is 9.69 Å². The molecule has 2 aliphatic heterocycles. The topological polar surface area (TPSA) is 50.8 Å². The molecule has 1 N–H and O–H groups in total. The van der Waals surface area contributed by atoms with Crippen molar-refractivity contribution in [3.05, 3.63) is 57.6 Å². The van der Waals surface area contributed by atoms with E-state index >= 15 is 0 Å². The molecule has 0 aromatic heterocycles. The molecule has 28 heavy (non-hydrogen) atoms. The SMILES string of the molecule is CC(CNC(=O)Cc1cc2c(cc1Br)OCCO2)N1CCc2ccccc2C1. The third-order valence-electron chi connectivity index (χ3n) is 5.44. The van der Waals surface area contributed by atoms with Crippen molar-refractivity contribution in [3.8, 4) is 11.5 Å². The van der Waals surface area contributed by atoms with E-state index in [0.29, 0.717) is 38.0 Å². The molecular weight excluding hydrogens is 420 g/mol. The lowest BCUT2D eigenvalue weighted by Gasteiger charge is -2.33. The zero-order valence-corrected chi connectivity index (χ0v) is 17.6. The van der Waals surface area contributed by atoms with Crippen molar-refractivity contribution in [3.63, 3.8) is 0 Å². The summed E-state index contributed by atoms with van der Waals surface area (Å²) in [7, 11) is 0. The van der Waals surface area contributed by atoms with Gasteiger partial charge < -0.3 is 14.8 Å². The van der Waals surface area contributed by atoms with Gasteiger partial charge in [-0.15, -0.1) is 0 Å². The molecule has 1 amide bonds. The fourth-order valence-electron chi connectivity index (χ4n) is 3.76. The van der Waals surface area contributed by atoms with Crippen molar-refractivity contribution in [1.82, 2.24) is 10.2 Å². The zero-order valence-electron chi connectivity index (χ0n) is 16.0. The van der Waals surface area contributed by atoms with E-state index in [1.165, 1.54) is 11.1 Å². The highest BCUT2D eigenvalue weighted by molar-refractivity contribution is 9.10. The van der Waals surface area contributed by atoms with Crippen LogP contribution in [0.3, 0.4) is 0 Å². The molecule has 2 heterocycles. The Balaban J connectivity index is 1.31. The Morgan fingerprint density at radius 3 is 2.68 bits per heavy atom. The van der Waals surface area contributed by atoms with Gasteiger partial charge in [-0.2, -0.15) is 0 Å². The first-order chi connectivity index (χ1) is 13.6. The molecule has 5 nitrogen and oxygen atoms in total. The molecule has 2 aliphatic rings. The van der Waals surface area contributed by atoms with Crippen LogP contribution in [0.15, 0.2) is 40.9 Å². The summed E-state index contributed by atoms with van der Waals surface area (Å²) in [6.07, 6.45) is 1.38. The zero-order chi connectivity index (χ0) is 19.5. The van der Waals surface area contributed by atoms with Crippen LogP contribution in [0.2, 0.25) is 0 Å². The van der Waals surface area contributed by atoms with Crippen molar-refractivity contribution < 1.29 is 14.3 Å². The number of carbonyl (C=O) groups excluding carboxylic acids is 1. The van der Waals surface area contributed by atoms with Crippen LogP contribution in [-0.2, 0) is 24.2 Å². The fourth-order valence-corrected chi connectivity index (χ4v) is 4.22. The quantitative estimate of drug-likeness (QED) is 0.768. The predicted octanol–water partition coefficient (Wildman–Crippen LogP) is 3.33. The number of nitrogens with zero attached hydrogens (tertiary/aromatic N) is 1. The second-order valence-electron chi connectivity index (χ2n) is 7.41. The van der Waals surface area contributed by atoms with Crippen LogP contribution in [0.4, 0.5) is 0 Å². The number of halogens is 1. The Labute approximate surface area is 174 Å². The lowest BCUT2D eigenvalue weighted by molar-refractivity contribution is -0.120. The highest BCUT2D eigenvalue weighted by Gasteiger charge is 2.21. The van der Waals surface area contributed by atoms with E-state index in [1.54, 1.807) is 0 Å². The maximum Gasteiger partial charge on any atom is 0.224 e. The number of hydrogen-bond acceptors (Lipinski definition) is 4. The number of hydrogen-bond donors (Lipinski definition) is 1.